The Labute approximate surface area is 131 Å². The lowest BCUT2D eigenvalue weighted by Crippen LogP contribution is -2.06. The molecule has 0 fully saturated rings. The van der Waals surface area contributed by atoms with Gasteiger partial charge in [0.1, 0.15) is 11.5 Å². The summed E-state index contributed by atoms with van der Waals surface area (Å²) in [6.07, 6.45) is 1.43. The van der Waals surface area contributed by atoms with E-state index in [2.05, 4.69) is 9.98 Å². The number of phenolic OH excluding ortho intramolecular Hbond substituents is 2. The number of ketones is 1. The van der Waals surface area contributed by atoms with Crippen LogP contribution in [0.4, 0.5) is 0 Å². The van der Waals surface area contributed by atoms with E-state index in [0.29, 0.717) is 22.4 Å². The van der Waals surface area contributed by atoms with Gasteiger partial charge in [-0.2, -0.15) is 0 Å². The number of nitrogens with two attached hydrogens (primary N) is 1. The van der Waals surface area contributed by atoms with E-state index in [4.69, 9.17) is 5.73 Å². The Hall–Kier alpha value is -3.41. The number of phenols is 2. The molecule has 0 saturated carbocycles. The second-order valence-electron chi connectivity index (χ2n) is 4.91. The molecule has 0 radical (unpaired) electrons. The highest BCUT2D eigenvalue weighted by atomic mass is 16.3. The van der Waals surface area contributed by atoms with Gasteiger partial charge in [0.05, 0.1) is 17.5 Å². The van der Waals surface area contributed by atoms with Crippen molar-refractivity contribution >= 4 is 23.5 Å². The Morgan fingerprint density at radius 3 is 1.87 bits per heavy atom. The molecule has 3 rings (SSSR count). The molecule has 23 heavy (non-hydrogen) atoms. The van der Waals surface area contributed by atoms with Crippen molar-refractivity contribution in [2.75, 3.05) is 0 Å². The summed E-state index contributed by atoms with van der Waals surface area (Å²) in [5, 5.41) is 18.8. The Morgan fingerprint density at radius 2 is 1.39 bits per heavy atom. The monoisotopic (exact) mass is 307 g/mol. The first kappa shape index (κ1) is 14.5. The summed E-state index contributed by atoms with van der Waals surface area (Å²) >= 11 is 0. The summed E-state index contributed by atoms with van der Waals surface area (Å²) in [5.74, 6) is -0.0336. The molecule has 1 heterocycles. The Balaban J connectivity index is 2.13. The van der Waals surface area contributed by atoms with Crippen LogP contribution in [0.1, 0.15) is 15.9 Å². The quantitative estimate of drug-likeness (QED) is 0.596. The zero-order chi connectivity index (χ0) is 16.4. The summed E-state index contributed by atoms with van der Waals surface area (Å²) in [7, 11) is 0. The molecule has 0 spiro atoms. The molecule has 6 heteroatoms. The third-order valence-electron chi connectivity index (χ3n) is 3.32. The lowest BCUT2D eigenvalue weighted by Gasteiger charge is -2.09. The van der Waals surface area contributed by atoms with Crippen molar-refractivity contribution in [2.45, 2.75) is 0 Å². The van der Waals surface area contributed by atoms with Gasteiger partial charge in [0.25, 0.3) is 0 Å². The average Bonchev–Trinajstić information content (AvgIpc) is 2.96. The molecular formula is C17H13N3O3. The highest BCUT2D eigenvalue weighted by Gasteiger charge is 2.20. The van der Waals surface area contributed by atoms with Crippen molar-refractivity contribution in [3.63, 3.8) is 0 Å². The van der Waals surface area contributed by atoms with Gasteiger partial charge in [-0.05, 0) is 42.0 Å². The number of rotatable bonds is 3. The SMILES string of the molecule is NC1=NC(=C(C(=O)c2ccc(O)cc2)c2ccc(O)cc2)C=N1. The third kappa shape index (κ3) is 2.96. The number of aromatic hydroxyl groups is 2. The van der Waals surface area contributed by atoms with E-state index in [0.717, 1.165) is 0 Å². The second-order valence-corrected chi connectivity index (χ2v) is 4.91. The van der Waals surface area contributed by atoms with Crippen LogP contribution in [0.2, 0.25) is 0 Å². The summed E-state index contributed by atoms with van der Waals surface area (Å²) in [5.41, 5.74) is 7.21. The topological polar surface area (TPSA) is 108 Å². The molecule has 0 amide bonds. The normalized spacial score (nSPS) is 15.4. The fourth-order valence-electron chi connectivity index (χ4n) is 2.21. The molecule has 0 unspecified atom stereocenters. The number of guanidine groups is 1. The molecule has 2 aromatic rings. The van der Waals surface area contributed by atoms with Gasteiger partial charge in [-0.1, -0.05) is 12.1 Å². The van der Waals surface area contributed by atoms with Gasteiger partial charge in [-0.25, -0.2) is 9.98 Å². The number of carbonyl (C=O) groups is 1. The summed E-state index contributed by atoms with van der Waals surface area (Å²) < 4.78 is 0. The molecule has 2 aromatic carbocycles. The molecule has 0 saturated heterocycles. The van der Waals surface area contributed by atoms with Crippen molar-refractivity contribution in [3.8, 4) is 11.5 Å². The average molecular weight is 307 g/mol. The number of nitrogens with zero attached hydrogens (tertiary/aromatic N) is 2. The van der Waals surface area contributed by atoms with Crippen molar-refractivity contribution in [2.24, 2.45) is 15.7 Å². The van der Waals surface area contributed by atoms with Crippen LogP contribution in [0.15, 0.2) is 64.2 Å². The third-order valence-corrected chi connectivity index (χ3v) is 3.32. The van der Waals surface area contributed by atoms with Gasteiger partial charge in [0.15, 0.2) is 5.78 Å². The van der Waals surface area contributed by atoms with E-state index in [1.165, 1.54) is 42.6 Å². The van der Waals surface area contributed by atoms with Crippen LogP contribution in [0.5, 0.6) is 11.5 Å². The molecule has 114 valence electrons. The van der Waals surface area contributed by atoms with E-state index in [9.17, 15) is 15.0 Å². The number of Topliss-reactive ketones (excluding diaryl/α,β-unsaturated/α-hetero) is 1. The number of benzene rings is 2. The van der Waals surface area contributed by atoms with E-state index in [1.54, 1.807) is 12.1 Å². The number of hydrogen-bond acceptors (Lipinski definition) is 6. The molecule has 4 N–H and O–H groups in total. The second kappa shape index (κ2) is 5.76. The number of aliphatic imine (C=N–C) groups is 2. The maximum absolute atomic E-state index is 12.9. The number of allylic oxidation sites excluding steroid dienone is 2. The first-order valence-corrected chi connectivity index (χ1v) is 6.80. The zero-order valence-corrected chi connectivity index (χ0v) is 12.0. The Kier molecular flexibility index (Phi) is 3.64. The zero-order valence-electron chi connectivity index (χ0n) is 12.0. The molecule has 0 bridgehead atoms. The highest BCUT2D eigenvalue weighted by Crippen LogP contribution is 2.27. The van der Waals surface area contributed by atoms with Crippen LogP contribution in [0, 0.1) is 0 Å². The van der Waals surface area contributed by atoms with Crippen LogP contribution in [0.3, 0.4) is 0 Å². The Bertz CT molecular complexity index is 848. The van der Waals surface area contributed by atoms with Gasteiger partial charge in [0.2, 0.25) is 5.96 Å². The molecule has 6 nitrogen and oxygen atoms in total. The minimum Gasteiger partial charge on any atom is -0.508 e. The summed E-state index contributed by atoms with van der Waals surface area (Å²) in [6, 6.07) is 12.1. The van der Waals surface area contributed by atoms with Crippen LogP contribution in [-0.4, -0.2) is 28.2 Å². The lowest BCUT2D eigenvalue weighted by molar-refractivity contribution is 0.105. The standard InChI is InChI=1S/C17H13N3O3/c18-17-19-9-14(20-17)15(10-1-5-12(21)6-2-10)16(23)11-3-7-13(22)8-4-11/h1-9,21-22H,(H2,18,20). The smallest absolute Gasteiger partial charge is 0.220 e. The van der Waals surface area contributed by atoms with Gasteiger partial charge in [-0.3, -0.25) is 4.79 Å². The molecule has 1 aliphatic rings. The van der Waals surface area contributed by atoms with E-state index in [1.807, 2.05) is 0 Å². The van der Waals surface area contributed by atoms with Crippen molar-refractivity contribution in [3.05, 3.63) is 65.4 Å². The fourth-order valence-corrected chi connectivity index (χ4v) is 2.21. The van der Waals surface area contributed by atoms with Gasteiger partial charge in [0, 0.05) is 5.56 Å². The van der Waals surface area contributed by atoms with Crippen LogP contribution in [0.25, 0.3) is 5.57 Å². The molecule has 0 atom stereocenters. The fraction of sp³-hybridized carbons (Fsp3) is 0. The van der Waals surface area contributed by atoms with E-state index < -0.39 is 0 Å². The van der Waals surface area contributed by atoms with Crippen LogP contribution >= 0.6 is 0 Å². The Morgan fingerprint density at radius 1 is 0.870 bits per heavy atom. The van der Waals surface area contributed by atoms with Crippen LogP contribution < -0.4 is 5.73 Å². The van der Waals surface area contributed by atoms with Crippen molar-refractivity contribution < 1.29 is 15.0 Å². The maximum Gasteiger partial charge on any atom is 0.220 e. The van der Waals surface area contributed by atoms with Crippen molar-refractivity contribution in [1.29, 1.82) is 0 Å². The summed E-state index contributed by atoms with van der Waals surface area (Å²) in [4.78, 5) is 20.8. The highest BCUT2D eigenvalue weighted by molar-refractivity contribution is 6.32. The maximum atomic E-state index is 12.9. The van der Waals surface area contributed by atoms with Gasteiger partial charge >= 0.3 is 0 Å². The van der Waals surface area contributed by atoms with Gasteiger partial charge < -0.3 is 15.9 Å². The van der Waals surface area contributed by atoms with Crippen LogP contribution in [-0.2, 0) is 0 Å². The first-order valence-electron chi connectivity index (χ1n) is 6.80. The lowest BCUT2D eigenvalue weighted by atomic mass is 9.95. The van der Waals surface area contributed by atoms with E-state index >= 15 is 0 Å². The van der Waals surface area contributed by atoms with Crippen molar-refractivity contribution in [1.82, 2.24) is 0 Å². The molecule has 1 aliphatic heterocycles. The number of carbonyl (C=O) groups excluding carboxylic acids is 1. The van der Waals surface area contributed by atoms with E-state index in [-0.39, 0.29) is 23.2 Å². The predicted molar refractivity (Wildman–Crippen MR) is 87.6 cm³/mol. The minimum absolute atomic E-state index is 0.0741. The first-order chi connectivity index (χ1) is 11.0. The van der Waals surface area contributed by atoms with Gasteiger partial charge in [-0.15, -0.1) is 0 Å². The molecular weight excluding hydrogens is 294 g/mol. The predicted octanol–water partition coefficient (Wildman–Crippen LogP) is 2.09. The number of hydrogen-bond donors (Lipinski definition) is 3. The molecule has 0 aliphatic carbocycles. The summed E-state index contributed by atoms with van der Waals surface area (Å²) in [6.45, 7) is 0. The minimum atomic E-state index is -0.282. The largest absolute Gasteiger partial charge is 0.508 e. The molecule has 0 aromatic heterocycles.